The fourth-order valence-electron chi connectivity index (χ4n) is 2.06. The minimum atomic E-state index is -0.864. The van der Waals surface area contributed by atoms with E-state index in [1.807, 2.05) is 30.3 Å². The molecule has 1 amide bonds. The lowest BCUT2D eigenvalue weighted by molar-refractivity contribution is 0.140. The highest BCUT2D eigenvalue weighted by Gasteiger charge is 2.23. The molecular weight excluding hydrogens is 262 g/mol. The van der Waals surface area contributed by atoms with Crippen LogP contribution in [0.5, 0.6) is 0 Å². The molecule has 0 saturated carbocycles. The molecule has 1 aliphatic heterocycles. The van der Waals surface area contributed by atoms with Crippen LogP contribution in [0.4, 0.5) is 15.6 Å². The van der Waals surface area contributed by atoms with E-state index in [0.29, 0.717) is 19.5 Å². The van der Waals surface area contributed by atoms with Crippen molar-refractivity contribution in [3.05, 3.63) is 40.9 Å². The van der Waals surface area contributed by atoms with E-state index in [-0.39, 0.29) is 0 Å². The van der Waals surface area contributed by atoms with Crippen molar-refractivity contribution in [2.75, 3.05) is 11.9 Å². The largest absolute Gasteiger partial charge is 0.465 e. The number of carbonyl (C=O) groups is 1. The second-order valence-electron chi connectivity index (χ2n) is 4.33. The number of thiazole rings is 1. The van der Waals surface area contributed by atoms with E-state index < -0.39 is 6.09 Å². The van der Waals surface area contributed by atoms with Crippen molar-refractivity contribution in [2.45, 2.75) is 13.0 Å². The van der Waals surface area contributed by atoms with Crippen LogP contribution in [0, 0.1) is 0 Å². The number of nitrogens with zero attached hydrogens (tertiary/aromatic N) is 2. The van der Waals surface area contributed by atoms with Crippen molar-refractivity contribution < 1.29 is 9.90 Å². The molecule has 19 heavy (non-hydrogen) atoms. The molecule has 2 heterocycles. The molecule has 0 unspecified atom stereocenters. The molecule has 0 aliphatic carbocycles. The van der Waals surface area contributed by atoms with Gasteiger partial charge in [0.1, 0.15) is 0 Å². The predicted molar refractivity (Wildman–Crippen MR) is 74.0 cm³/mol. The number of fused-ring (bicyclic) bond motifs is 1. The summed E-state index contributed by atoms with van der Waals surface area (Å²) in [5, 5.41) is 13.1. The Morgan fingerprint density at radius 1 is 1.37 bits per heavy atom. The van der Waals surface area contributed by atoms with Gasteiger partial charge in [0.15, 0.2) is 5.13 Å². The second-order valence-corrected chi connectivity index (χ2v) is 5.42. The van der Waals surface area contributed by atoms with E-state index in [9.17, 15) is 4.79 Å². The fraction of sp³-hybridized carbons (Fsp3) is 0.231. The van der Waals surface area contributed by atoms with Crippen LogP contribution in [-0.4, -0.2) is 27.6 Å². The maximum atomic E-state index is 11.0. The molecule has 0 bridgehead atoms. The second kappa shape index (κ2) is 4.89. The molecule has 2 N–H and O–H groups in total. The van der Waals surface area contributed by atoms with Crippen LogP contribution in [0.3, 0.4) is 0 Å². The van der Waals surface area contributed by atoms with E-state index in [1.165, 1.54) is 16.2 Å². The Hall–Kier alpha value is -2.08. The van der Waals surface area contributed by atoms with Crippen LogP contribution < -0.4 is 5.32 Å². The summed E-state index contributed by atoms with van der Waals surface area (Å²) in [6.07, 6.45) is -0.175. The highest BCUT2D eigenvalue weighted by atomic mass is 32.1. The third-order valence-electron chi connectivity index (χ3n) is 3.03. The van der Waals surface area contributed by atoms with E-state index >= 15 is 0 Å². The predicted octanol–water partition coefficient (Wildman–Crippen LogP) is 2.92. The first kappa shape index (κ1) is 12.0. The van der Waals surface area contributed by atoms with Crippen molar-refractivity contribution >= 4 is 28.2 Å². The number of nitrogens with one attached hydrogen (secondary N) is 1. The lowest BCUT2D eigenvalue weighted by Gasteiger charge is -2.22. The summed E-state index contributed by atoms with van der Waals surface area (Å²) in [6, 6.07) is 9.83. The van der Waals surface area contributed by atoms with E-state index in [1.54, 1.807) is 0 Å². The highest BCUT2D eigenvalue weighted by molar-refractivity contribution is 7.15. The summed E-state index contributed by atoms with van der Waals surface area (Å²) >= 11 is 1.52. The number of benzene rings is 1. The Morgan fingerprint density at radius 2 is 2.16 bits per heavy atom. The molecule has 0 radical (unpaired) electrons. The number of anilines is 2. The zero-order valence-electron chi connectivity index (χ0n) is 10.2. The van der Waals surface area contributed by atoms with Gasteiger partial charge in [0.2, 0.25) is 0 Å². The van der Waals surface area contributed by atoms with Gasteiger partial charge >= 0.3 is 6.09 Å². The number of amides is 1. The first-order valence-electron chi connectivity index (χ1n) is 6.01. The van der Waals surface area contributed by atoms with Gasteiger partial charge in [0.05, 0.1) is 12.2 Å². The average Bonchev–Trinajstić information content (AvgIpc) is 2.80. The van der Waals surface area contributed by atoms with Crippen molar-refractivity contribution in [3.8, 4) is 0 Å². The Labute approximate surface area is 114 Å². The number of carboxylic acid groups (broad SMARTS) is 1. The zero-order valence-corrected chi connectivity index (χ0v) is 11.0. The Bertz CT molecular complexity index is 597. The Kier molecular flexibility index (Phi) is 3.08. The van der Waals surface area contributed by atoms with Crippen molar-refractivity contribution in [1.29, 1.82) is 0 Å². The monoisotopic (exact) mass is 275 g/mol. The van der Waals surface area contributed by atoms with Crippen molar-refractivity contribution in [3.63, 3.8) is 0 Å². The minimum absolute atomic E-state index is 0.443. The standard InChI is InChI=1S/C13H13N3O2S/c17-13(18)16-7-6-10-11(8-16)19-12(15-10)14-9-4-2-1-3-5-9/h1-5H,6-8H2,(H,14,15)(H,17,18). The summed E-state index contributed by atoms with van der Waals surface area (Å²) in [7, 11) is 0. The topological polar surface area (TPSA) is 65.5 Å². The third kappa shape index (κ3) is 2.53. The first-order chi connectivity index (χ1) is 9.22. The molecule has 5 nitrogen and oxygen atoms in total. The van der Waals surface area contributed by atoms with Gasteiger partial charge in [-0.2, -0.15) is 0 Å². The molecule has 0 saturated heterocycles. The maximum absolute atomic E-state index is 11.0. The number of para-hydroxylation sites is 1. The van der Waals surface area contributed by atoms with Gasteiger partial charge in [-0.15, -0.1) is 0 Å². The molecule has 1 aromatic heterocycles. The summed E-state index contributed by atoms with van der Waals surface area (Å²) in [4.78, 5) is 17.9. The van der Waals surface area contributed by atoms with Gasteiger partial charge in [-0.05, 0) is 12.1 Å². The zero-order chi connectivity index (χ0) is 13.2. The van der Waals surface area contributed by atoms with Crippen LogP contribution in [0.25, 0.3) is 0 Å². The van der Waals surface area contributed by atoms with Crippen LogP contribution >= 0.6 is 11.3 Å². The summed E-state index contributed by atoms with van der Waals surface area (Å²) in [5.74, 6) is 0. The summed E-state index contributed by atoms with van der Waals surface area (Å²) in [5.41, 5.74) is 2.00. The molecule has 3 rings (SSSR count). The lowest BCUT2D eigenvalue weighted by atomic mass is 10.2. The number of rotatable bonds is 2. The lowest BCUT2D eigenvalue weighted by Crippen LogP contribution is -2.34. The van der Waals surface area contributed by atoms with E-state index in [4.69, 9.17) is 5.11 Å². The minimum Gasteiger partial charge on any atom is -0.465 e. The summed E-state index contributed by atoms with van der Waals surface area (Å²) < 4.78 is 0. The van der Waals surface area contributed by atoms with Gasteiger partial charge in [0.25, 0.3) is 0 Å². The smallest absolute Gasteiger partial charge is 0.407 e. The Balaban J connectivity index is 1.78. The van der Waals surface area contributed by atoms with E-state index in [2.05, 4.69) is 10.3 Å². The van der Waals surface area contributed by atoms with Gasteiger partial charge in [-0.3, -0.25) is 0 Å². The normalized spacial score (nSPS) is 14.0. The molecule has 1 aromatic carbocycles. The van der Waals surface area contributed by atoms with Crippen LogP contribution in [0.15, 0.2) is 30.3 Å². The van der Waals surface area contributed by atoms with Gasteiger partial charge in [0, 0.05) is 23.5 Å². The molecule has 98 valence electrons. The van der Waals surface area contributed by atoms with Gasteiger partial charge < -0.3 is 15.3 Å². The third-order valence-corrected chi connectivity index (χ3v) is 4.02. The van der Waals surface area contributed by atoms with Crippen LogP contribution in [0.1, 0.15) is 10.6 Å². The number of aromatic nitrogens is 1. The average molecular weight is 275 g/mol. The van der Waals surface area contributed by atoms with Crippen LogP contribution in [0.2, 0.25) is 0 Å². The molecule has 0 fully saturated rings. The number of hydrogen-bond acceptors (Lipinski definition) is 4. The quantitative estimate of drug-likeness (QED) is 0.884. The molecule has 2 aromatic rings. The maximum Gasteiger partial charge on any atom is 0.407 e. The van der Waals surface area contributed by atoms with E-state index in [0.717, 1.165) is 21.4 Å². The van der Waals surface area contributed by atoms with Crippen LogP contribution in [-0.2, 0) is 13.0 Å². The van der Waals surface area contributed by atoms with Crippen molar-refractivity contribution in [2.24, 2.45) is 0 Å². The Morgan fingerprint density at radius 3 is 2.89 bits per heavy atom. The van der Waals surface area contributed by atoms with Gasteiger partial charge in [-0.25, -0.2) is 9.78 Å². The molecule has 0 atom stereocenters. The number of hydrogen-bond donors (Lipinski definition) is 2. The first-order valence-corrected chi connectivity index (χ1v) is 6.82. The molecule has 0 spiro atoms. The SMILES string of the molecule is O=C(O)N1CCc2nc(Nc3ccccc3)sc2C1. The fourth-order valence-corrected chi connectivity index (χ4v) is 3.10. The molecular formula is C13H13N3O2S. The summed E-state index contributed by atoms with van der Waals surface area (Å²) in [6.45, 7) is 0.968. The van der Waals surface area contributed by atoms with Gasteiger partial charge in [-0.1, -0.05) is 29.5 Å². The van der Waals surface area contributed by atoms with Crippen molar-refractivity contribution in [1.82, 2.24) is 9.88 Å². The molecule has 6 heteroatoms. The molecule has 1 aliphatic rings. The highest BCUT2D eigenvalue weighted by Crippen LogP contribution is 2.30.